The molecule has 0 fully saturated rings. The van der Waals surface area contributed by atoms with E-state index in [0.29, 0.717) is 0 Å². The summed E-state index contributed by atoms with van der Waals surface area (Å²) in [6.07, 6.45) is 3.73. The average Bonchev–Trinajstić information content (AvgIpc) is 2.42. The molecule has 0 radical (unpaired) electrons. The first-order chi connectivity index (χ1) is 9.17. The third-order valence-corrected chi connectivity index (χ3v) is 3.11. The maximum Gasteiger partial charge on any atom is 0.234 e. The van der Waals surface area contributed by atoms with Crippen LogP contribution in [0.25, 0.3) is 0 Å². The van der Waals surface area contributed by atoms with Gasteiger partial charge in [0.2, 0.25) is 5.91 Å². The van der Waals surface area contributed by atoms with E-state index in [4.69, 9.17) is 10.5 Å². The molecule has 1 aromatic rings. The molecule has 0 unspecified atom stereocenters. The summed E-state index contributed by atoms with van der Waals surface area (Å²) < 4.78 is 5.12. The van der Waals surface area contributed by atoms with E-state index < -0.39 is 0 Å². The molecule has 0 saturated heterocycles. The molecule has 0 aliphatic heterocycles. The summed E-state index contributed by atoms with van der Waals surface area (Å²) in [5.74, 6) is 0.616. The number of rotatable bonds is 9. The Bertz CT molecular complexity index is 376. The summed E-state index contributed by atoms with van der Waals surface area (Å²) in [4.78, 5) is 11.2. The van der Waals surface area contributed by atoms with Crippen molar-refractivity contribution in [3.8, 4) is 5.75 Å². The normalized spacial score (nSPS) is 12.1. The van der Waals surface area contributed by atoms with Crippen LogP contribution in [0.15, 0.2) is 24.3 Å². The van der Waals surface area contributed by atoms with Gasteiger partial charge in [-0.2, -0.15) is 0 Å². The Balaban J connectivity index is 2.27. The number of nitrogens with one attached hydrogen (secondary N) is 1. The van der Waals surface area contributed by atoms with Gasteiger partial charge in [-0.25, -0.2) is 0 Å². The van der Waals surface area contributed by atoms with Crippen LogP contribution in [0.1, 0.15) is 31.7 Å². The molecule has 0 aromatic heterocycles. The molecule has 4 heteroatoms. The Morgan fingerprint density at radius 1 is 1.37 bits per heavy atom. The molecule has 3 N–H and O–H groups in total. The van der Waals surface area contributed by atoms with Crippen molar-refractivity contribution in [2.45, 2.75) is 38.6 Å². The number of aryl methyl sites for hydroxylation is 1. The quantitative estimate of drug-likeness (QED) is 0.669. The lowest BCUT2D eigenvalue weighted by Crippen LogP contribution is -2.41. The molecule has 0 spiro atoms. The fraction of sp³-hybridized carbons (Fsp3) is 0.533. The maximum absolute atomic E-state index is 11.2. The number of ether oxygens (including phenoxy) is 1. The van der Waals surface area contributed by atoms with Gasteiger partial charge in [0.15, 0.2) is 0 Å². The lowest BCUT2D eigenvalue weighted by Gasteiger charge is -2.14. The molecule has 1 aromatic carbocycles. The molecule has 106 valence electrons. The van der Waals surface area contributed by atoms with Crippen LogP contribution in [0, 0.1) is 0 Å². The lowest BCUT2D eigenvalue weighted by atomic mass is 10.1. The summed E-state index contributed by atoms with van der Waals surface area (Å²) in [6, 6.07) is 7.87. The van der Waals surface area contributed by atoms with Crippen molar-refractivity contribution in [3.05, 3.63) is 29.8 Å². The minimum atomic E-state index is -0.258. The van der Waals surface area contributed by atoms with Gasteiger partial charge >= 0.3 is 0 Å². The molecule has 4 nitrogen and oxygen atoms in total. The third-order valence-electron chi connectivity index (χ3n) is 3.11. The number of hydrogen-bond donors (Lipinski definition) is 2. The fourth-order valence-corrected chi connectivity index (χ4v) is 1.99. The Labute approximate surface area is 115 Å². The highest BCUT2D eigenvalue weighted by Crippen LogP contribution is 2.12. The maximum atomic E-state index is 11.2. The summed E-state index contributed by atoms with van der Waals surface area (Å²) in [5.41, 5.74) is 6.60. The van der Waals surface area contributed by atoms with E-state index in [0.717, 1.165) is 38.0 Å². The van der Waals surface area contributed by atoms with Crippen molar-refractivity contribution in [1.82, 2.24) is 5.32 Å². The third kappa shape index (κ3) is 5.75. The summed E-state index contributed by atoms with van der Waals surface area (Å²) in [6.45, 7) is 2.86. The highest BCUT2D eigenvalue weighted by molar-refractivity contribution is 5.79. The standard InChI is InChI=1S/C15H24N2O2/c1-3-5-14(15(16)18)17-11-4-6-12-7-9-13(19-2)10-8-12/h7-10,14,17H,3-6,11H2,1-2H3,(H2,16,18)/t14-/m0/s1. The first-order valence-electron chi connectivity index (χ1n) is 6.83. The van der Waals surface area contributed by atoms with Gasteiger partial charge in [-0.15, -0.1) is 0 Å². The van der Waals surface area contributed by atoms with Crippen LogP contribution < -0.4 is 15.8 Å². The predicted molar refractivity (Wildman–Crippen MR) is 77.2 cm³/mol. The van der Waals surface area contributed by atoms with Crippen LogP contribution in [0.4, 0.5) is 0 Å². The molecule has 1 atom stereocenters. The Morgan fingerprint density at radius 2 is 2.05 bits per heavy atom. The van der Waals surface area contributed by atoms with E-state index in [1.54, 1.807) is 7.11 Å². The van der Waals surface area contributed by atoms with Crippen molar-refractivity contribution >= 4 is 5.91 Å². The molecular weight excluding hydrogens is 240 g/mol. The second-order valence-electron chi connectivity index (χ2n) is 4.65. The number of carbonyl (C=O) groups is 1. The van der Waals surface area contributed by atoms with E-state index in [2.05, 4.69) is 24.4 Å². The van der Waals surface area contributed by atoms with Gasteiger partial charge in [-0.1, -0.05) is 25.5 Å². The van der Waals surface area contributed by atoms with Gasteiger partial charge in [0.25, 0.3) is 0 Å². The molecule has 0 aliphatic carbocycles. The SMILES string of the molecule is CCC[C@H](NCCCc1ccc(OC)cc1)C(N)=O. The van der Waals surface area contributed by atoms with E-state index in [-0.39, 0.29) is 11.9 Å². The van der Waals surface area contributed by atoms with Crippen molar-refractivity contribution < 1.29 is 9.53 Å². The number of carbonyl (C=O) groups excluding carboxylic acids is 1. The van der Waals surface area contributed by atoms with Crippen molar-refractivity contribution in [3.63, 3.8) is 0 Å². The van der Waals surface area contributed by atoms with Gasteiger partial charge in [-0.3, -0.25) is 4.79 Å². The van der Waals surface area contributed by atoms with Crippen LogP contribution in [0.5, 0.6) is 5.75 Å². The van der Waals surface area contributed by atoms with Gasteiger partial charge in [0.05, 0.1) is 13.2 Å². The largest absolute Gasteiger partial charge is 0.497 e. The zero-order valence-electron chi connectivity index (χ0n) is 11.8. The van der Waals surface area contributed by atoms with Crippen molar-refractivity contribution in [1.29, 1.82) is 0 Å². The molecule has 1 rings (SSSR count). The first kappa shape index (κ1) is 15.5. The number of nitrogens with two attached hydrogens (primary N) is 1. The Hall–Kier alpha value is -1.55. The Kier molecular flexibility index (Phi) is 6.97. The molecule has 0 heterocycles. The topological polar surface area (TPSA) is 64.3 Å². The zero-order valence-corrected chi connectivity index (χ0v) is 11.8. The average molecular weight is 264 g/mol. The number of methoxy groups -OCH3 is 1. The summed E-state index contributed by atoms with van der Waals surface area (Å²) in [7, 11) is 1.66. The van der Waals surface area contributed by atoms with E-state index in [1.807, 2.05) is 12.1 Å². The number of hydrogen-bond acceptors (Lipinski definition) is 3. The van der Waals surface area contributed by atoms with Gasteiger partial charge in [-0.05, 0) is 43.5 Å². The van der Waals surface area contributed by atoms with E-state index in [1.165, 1.54) is 5.56 Å². The van der Waals surface area contributed by atoms with Crippen LogP contribution in [-0.4, -0.2) is 25.6 Å². The minimum absolute atomic E-state index is 0.194. The second-order valence-corrected chi connectivity index (χ2v) is 4.65. The number of primary amides is 1. The van der Waals surface area contributed by atoms with Gasteiger partial charge < -0.3 is 15.8 Å². The molecule has 0 aliphatic rings. The fourth-order valence-electron chi connectivity index (χ4n) is 1.99. The molecule has 19 heavy (non-hydrogen) atoms. The molecule has 1 amide bonds. The van der Waals surface area contributed by atoms with Crippen LogP contribution in [-0.2, 0) is 11.2 Å². The van der Waals surface area contributed by atoms with Crippen molar-refractivity contribution in [2.24, 2.45) is 5.73 Å². The van der Waals surface area contributed by atoms with Gasteiger partial charge in [0, 0.05) is 0 Å². The van der Waals surface area contributed by atoms with E-state index >= 15 is 0 Å². The van der Waals surface area contributed by atoms with Crippen LogP contribution in [0.2, 0.25) is 0 Å². The molecule has 0 saturated carbocycles. The predicted octanol–water partition coefficient (Wildman–Crippen LogP) is 1.87. The van der Waals surface area contributed by atoms with Gasteiger partial charge in [0.1, 0.15) is 5.75 Å². The number of benzene rings is 1. The smallest absolute Gasteiger partial charge is 0.234 e. The van der Waals surface area contributed by atoms with Crippen molar-refractivity contribution in [2.75, 3.05) is 13.7 Å². The highest BCUT2D eigenvalue weighted by Gasteiger charge is 2.12. The van der Waals surface area contributed by atoms with Crippen LogP contribution >= 0.6 is 0 Å². The summed E-state index contributed by atoms with van der Waals surface area (Å²) in [5, 5.41) is 3.21. The summed E-state index contributed by atoms with van der Waals surface area (Å²) >= 11 is 0. The van der Waals surface area contributed by atoms with E-state index in [9.17, 15) is 4.79 Å². The molecule has 0 bridgehead atoms. The highest BCUT2D eigenvalue weighted by atomic mass is 16.5. The minimum Gasteiger partial charge on any atom is -0.497 e. The first-order valence-corrected chi connectivity index (χ1v) is 6.83. The van der Waals surface area contributed by atoms with Crippen LogP contribution in [0.3, 0.4) is 0 Å². The second kappa shape index (κ2) is 8.53. The monoisotopic (exact) mass is 264 g/mol. The lowest BCUT2D eigenvalue weighted by molar-refractivity contribution is -0.120. The number of amides is 1. The zero-order chi connectivity index (χ0) is 14.1. The molecular formula is C15H24N2O2. The Morgan fingerprint density at radius 3 is 2.58 bits per heavy atom.